The molecule has 0 atom stereocenters. The minimum atomic E-state index is -0.917. The van der Waals surface area contributed by atoms with E-state index in [1.165, 1.54) is 13.2 Å². The normalized spacial score (nSPS) is 10.3. The van der Waals surface area contributed by atoms with E-state index in [4.69, 9.17) is 4.74 Å². The lowest BCUT2D eigenvalue weighted by atomic mass is 10.1. The van der Waals surface area contributed by atoms with Gasteiger partial charge in [0.05, 0.1) is 18.4 Å². The van der Waals surface area contributed by atoms with Crippen LogP contribution in [0.25, 0.3) is 0 Å². The van der Waals surface area contributed by atoms with E-state index in [1.807, 2.05) is 0 Å². The van der Waals surface area contributed by atoms with Crippen LogP contribution in [0, 0.1) is 11.6 Å². The molecule has 0 amide bonds. The number of ether oxygens (including phenoxy) is 1. The van der Waals surface area contributed by atoms with Gasteiger partial charge in [-0.1, -0.05) is 12.1 Å². The van der Waals surface area contributed by atoms with Crippen LogP contribution < -0.4 is 4.74 Å². The summed E-state index contributed by atoms with van der Waals surface area (Å²) >= 11 is 1.15. The van der Waals surface area contributed by atoms with Gasteiger partial charge in [-0.05, 0) is 30.3 Å². The van der Waals surface area contributed by atoms with Gasteiger partial charge < -0.3 is 4.74 Å². The van der Waals surface area contributed by atoms with Crippen molar-refractivity contribution < 1.29 is 18.3 Å². The zero-order chi connectivity index (χ0) is 14.5. The Morgan fingerprint density at radius 3 is 2.60 bits per heavy atom. The average molecular weight is 294 g/mol. The summed E-state index contributed by atoms with van der Waals surface area (Å²) in [5.74, 6) is -1.31. The van der Waals surface area contributed by atoms with Crippen LogP contribution in [0.3, 0.4) is 0 Å². The predicted molar refractivity (Wildman–Crippen MR) is 74.4 cm³/mol. The highest BCUT2D eigenvalue weighted by Gasteiger charge is 2.12. The van der Waals surface area contributed by atoms with Crippen LogP contribution in [0.4, 0.5) is 8.78 Å². The Labute approximate surface area is 119 Å². The highest BCUT2D eigenvalue weighted by atomic mass is 32.2. The minimum absolute atomic E-state index is 0.128. The van der Waals surface area contributed by atoms with Crippen molar-refractivity contribution in [3.8, 4) is 5.75 Å². The predicted octanol–water partition coefficient (Wildman–Crippen LogP) is 3.95. The van der Waals surface area contributed by atoms with E-state index in [0.717, 1.165) is 23.9 Å². The van der Waals surface area contributed by atoms with Gasteiger partial charge in [-0.15, -0.1) is 11.8 Å². The van der Waals surface area contributed by atoms with Gasteiger partial charge in [-0.3, -0.25) is 4.79 Å². The maximum Gasteiger partial charge on any atom is 0.176 e. The maximum absolute atomic E-state index is 13.1. The Balaban J connectivity index is 2.06. The smallest absolute Gasteiger partial charge is 0.176 e. The highest BCUT2D eigenvalue weighted by Crippen LogP contribution is 2.24. The Hall–Kier alpha value is -1.88. The Bertz CT molecular complexity index is 629. The second-order valence-corrected chi connectivity index (χ2v) is 5.04. The number of para-hydroxylation sites is 1. The molecule has 20 heavy (non-hydrogen) atoms. The van der Waals surface area contributed by atoms with Gasteiger partial charge in [-0.25, -0.2) is 8.78 Å². The van der Waals surface area contributed by atoms with Crippen molar-refractivity contribution in [2.45, 2.75) is 4.90 Å². The molecule has 0 fully saturated rings. The van der Waals surface area contributed by atoms with Crippen molar-refractivity contribution in [3.05, 3.63) is 59.7 Å². The molecule has 2 aromatic rings. The molecule has 2 aromatic carbocycles. The van der Waals surface area contributed by atoms with Crippen molar-refractivity contribution in [2.75, 3.05) is 12.9 Å². The van der Waals surface area contributed by atoms with Gasteiger partial charge in [-0.2, -0.15) is 0 Å². The first-order valence-corrected chi connectivity index (χ1v) is 6.84. The van der Waals surface area contributed by atoms with Crippen molar-refractivity contribution in [1.82, 2.24) is 0 Å². The molecule has 5 heteroatoms. The molecular formula is C15H12F2O2S. The van der Waals surface area contributed by atoms with Crippen LogP contribution in [0.15, 0.2) is 47.4 Å². The first-order valence-electron chi connectivity index (χ1n) is 5.86. The molecule has 0 aliphatic carbocycles. The molecule has 0 saturated carbocycles. The van der Waals surface area contributed by atoms with Gasteiger partial charge in [0.25, 0.3) is 0 Å². The molecule has 0 unspecified atom stereocenters. The summed E-state index contributed by atoms with van der Waals surface area (Å²) in [5.41, 5.74) is 0.477. The number of rotatable bonds is 5. The number of carbonyl (C=O) groups excluding carboxylic acids is 1. The third kappa shape index (κ3) is 3.36. The summed E-state index contributed by atoms with van der Waals surface area (Å²) in [6, 6.07) is 10.5. The molecule has 0 N–H and O–H groups in total. The van der Waals surface area contributed by atoms with Crippen LogP contribution >= 0.6 is 11.8 Å². The molecular weight excluding hydrogens is 282 g/mol. The fraction of sp³-hybridized carbons (Fsp3) is 0.133. The van der Waals surface area contributed by atoms with Crippen LogP contribution in [-0.4, -0.2) is 18.6 Å². The monoisotopic (exact) mass is 294 g/mol. The molecule has 0 saturated heterocycles. The number of hydrogen-bond acceptors (Lipinski definition) is 3. The van der Waals surface area contributed by atoms with Crippen molar-refractivity contribution in [2.24, 2.45) is 0 Å². The standard InChI is InChI=1S/C15H12F2O2S/c1-19-15-5-3-2-4-11(15)14(18)9-20-10-6-7-12(16)13(17)8-10/h2-8H,9H2,1H3. The van der Waals surface area contributed by atoms with Crippen molar-refractivity contribution in [3.63, 3.8) is 0 Å². The first-order chi connectivity index (χ1) is 9.61. The second kappa shape index (κ2) is 6.52. The van der Waals surface area contributed by atoms with E-state index in [0.29, 0.717) is 16.2 Å². The number of Topliss-reactive ketones (excluding diaryl/α,β-unsaturated/α-hetero) is 1. The molecule has 0 spiro atoms. The van der Waals surface area contributed by atoms with Gasteiger partial charge in [0.2, 0.25) is 0 Å². The Kier molecular flexibility index (Phi) is 4.74. The maximum atomic E-state index is 13.1. The quantitative estimate of drug-likeness (QED) is 0.617. The Morgan fingerprint density at radius 1 is 1.15 bits per heavy atom. The van der Waals surface area contributed by atoms with Crippen molar-refractivity contribution in [1.29, 1.82) is 0 Å². The summed E-state index contributed by atoms with van der Waals surface area (Å²) in [4.78, 5) is 12.6. The van der Waals surface area contributed by atoms with Gasteiger partial charge >= 0.3 is 0 Å². The van der Waals surface area contributed by atoms with E-state index in [2.05, 4.69) is 0 Å². The highest BCUT2D eigenvalue weighted by molar-refractivity contribution is 8.00. The number of halogens is 2. The zero-order valence-electron chi connectivity index (χ0n) is 10.7. The third-order valence-corrected chi connectivity index (χ3v) is 3.66. The van der Waals surface area contributed by atoms with Crippen LogP contribution in [-0.2, 0) is 0 Å². The Morgan fingerprint density at radius 2 is 1.90 bits per heavy atom. The van der Waals surface area contributed by atoms with E-state index in [-0.39, 0.29) is 11.5 Å². The van der Waals surface area contributed by atoms with E-state index < -0.39 is 11.6 Å². The molecule has 0 heterocycles. The minimum Gasteiger partial charge on any atom is -0.496 e. The number of methoxy groups -OCH3 is 1. The van der Waals surface area contributed by atoms with E-state index in [1.54, 1.807) is 24.3 Å². The molecule has 0 aliphatic rings. The average Bonchev–Trinajstić information content (AvgIpc) is 2.48. The zero-order valence-corrected chi connectivity index (χ0v) is 11.5. The summed E-state index contributed by atoms with van der Waals surface area (Å²) in [5, 5.41) is 0. The van der Waals surface area contributed by atoms with Gasteiger partial charge in [0.15, 0.2) is 17.4 Å². The van der Waals surface area contributed by atoms with Gasteiger partial charge in [0, 0.05) is 4.90 Å². The summed E-state index contributed by atoms with van der Waals surface area (Å²) in [6.45, 7) is 0. The molecule has 2 rings (SSSR count). The third-order valence-electron chi connectivity index (χ3n) is 2.67. The number of carbonyl (C=O) groups is 1. The van der Waals surface area contributed by atoms with Crippen LogP contribution in [0.2, 0.25) is 0 Å². The SMILES string of the molecule is COc1ccccc1C(=O)CSc1ccc(F)c(F)c1. The van der Waals surface area contributed by atoms with Crippen LogP contribution in [0.1, 0.15) is 10.4 Å². The lowest BCUT2D eigenvalue weighted by molar-refractivity contribution is 0.101. The fourth-order valence-corrected chi connectivity index (χ4v) is 2.47. The van der Waals surface area contributed by atoms with E-state index >= 15 is 0 Å². The molecule has 2 nitrogen and oxygen atoms in total. The molecule has 104 valence electrons. The van der Waals surface area contributed by atoms with Crippen LogP contribution in [0.5, 0.6) is 5.75 Å². The fourth-order valence-electron chi connectivity index (χ4n) is 1.67. The summed E-state index contributed by atoms with van der Waals surface area (Å²) in [7, 11) is 1.49. The van der Waals surface area contributed by atoms with E-state index in [9.17, 15) is 13.6 Å². The lowest BCUT2D eigenvalue weighted by Gasteiger charge is -2.07. The molecule has 0 bridgehead atoms. The largest absolute Gasteiger partial charge is 0.496 e. The molecule has 0 aliphatic heterocycles. The number of hydrogen-bond donors (Lipinski definition) is 0. The number of benzene rings is 2. The first kappa shape index (κ1) is 14.5. The van der Waals surface area contributed by atoms with Crippen molar-refractivity contribution >= 4 is 17.5 Å². The summed E-state index contributed by atoms with van der Waals surface area (Å²) < 4.78 is 31.0. The number of thioether (sulfide) groups is 1. The van der Waals surface area contributed by atoms with Gasteiger partial charge in [0.1, 0.15) is 5.75 Å². The number of ketones is 1. The second-order valence-electron chi connectivity index (χ2n) is 3.99. The lowest BCUT2D eigenvalue weighted by Crippen LogP contribution is -2.04. The topological polar surface area (TPSA) is 26.3 Å². The summed E-state index contributed by atoms with van der Waals surface area (Å²) in [6.07, 6.45) is 0. The molecule has 0 radical (unpaired) electrons. The molecule has 0 aromatic heterocycles.